The van der Waals surface area contributed by atoms with Crippen molar-refractivity contribution in [2.24, 2.45) is 0 Å². The predicted octanol–water partition coefficient (Wildman–Crippen LogP) is 1.49. The van der Waals surface area contributed by atoms with Crippen molar-refractivity contribution in [2.45, 2.75) is 13.8 Å². The highest BCUT2D eigenvalue weighted by molar-refractivity contribution is 5.89. The van der Waals surface area contributed by atoms with Crippen LogP contribution in [0.2, 0.25) is 0 Å². The van der Waals surface area contributed by atoms with Crippen LogP contribution >= 0.6 is 0 Å². The molecule has 2 N–H and O–H groups in total. The van der Waals surface area contributed by atoms with E-state index in [1.165, 1.54) is 0 Å². The molecule has 78 valence electrons. The lowest BCUT2D eigenvalue weighted by Crippen LogP contribution is -2.00. The van der Waals surface area contributed by atoms with Crippen LogP contribution in [0, 0.1) is 18.8 Å². The number of rotatable bonds is 1. The first kappa shape index (κ1) is 11.1. The number of aryl methyl sites for hydroxylation is 1. The Morgan fingerprint density at radius 1 is 1.53 bits per heavy atom. The van der Waals surface area contributed by atoms with E-state index in [2.05, 4.69) is 16.6 Å². The minimum atomic E-state index is -0.530. The second kappa shape index (κ2) is 5.06. The lowest BCUT2D eigenvalue weighted by atomic mass is 10.1. The molecule has 0 heterocycles. The lowest BCUT2D eigenvalue weighted by molar-refractivity contribution is -0.136. The number of nitrogens with two attached hydrogens (primary N) is 1. The predicted molar refractivity (Wildman–Crippen MR) is 59.1 cm³/mol. The number of hydrogen-bond acceptors (Lipinski definition) is 3. The van der Waals surface area contributed by atoms with Gasteiger partial charge in [0.1, 0.15) is 0 Å². The van der Waals surface area contributed by atoms with Crippen molar-refractivity contribution in [1.29, 1.82) is 0 Å². The molecular weight excluding hydrogens is 190 g/mol. The van der Waals surface area contributed by atoms with Gasteiger partial charge in [0.2, 0.25) is 0 Å². The van der Waals surface area contributed by atoms with Gasteiger partial charge in [0.15, 0.2) is 0 Å². The van der Waals surface area contributed by atoms with E-state index in [4.69, 9.17) is 5.73 Å². The lowest BCUT2D eigenvalue weighted by Gasteiger charge is -1.98. The molecule has 1 rings (SSSR count). The fourth-order valence-electron chi connectivity index (χ4n) is 1.08. The standard InChI is InChI=1S/C12H13NO2/c1-3-15-12(14)7-6-10-5-4-9(2)8-11(10)13/h4-5,8H,3,13H2,1-2H3. The van der Waals surface area contributed by atoms with Gasteiger partial charge >= 0.3 is 5.97 Å². The van der Waals surface area contributed by atoms with E-state index < -0.39 is 5.97 Å². The van der Waals surface area contributed by atoms with Crippen LogP contribution in [0.15, 0.2) is 18.2 Å². The fraction of sp³-hybridized carbons (Fsp3) is 0.250. The van der Waals surface area contributed by atoms with Gasteiger partial charge in [-0.3, -0.25) is 0 Å². The molecule has 0 fully saturated rings. The van der Waals surface area contributed by atoms with Crippen molar-refractivity contribution >= 4 is 11.7 Å². The molecule has 3 heteroatoms. The number of carbonyl (C=O) groups excluding carboxylic acids is 1. The molecule has 0 saturated carbocycles. The topological polar surface area (TPSA) is 52.3 Å². The molecule has 0 bridgehead atoms. The summed E-state index contributed by atoms with van der Waals surface area (Å²) in [6.07, 6.45) is 0. The van der Waals surface area contributed by atoms with E-state index in [0.29, 0.717) is 17.9 Å². The van der Waals surface area contributed by atoms with Gasteiger partial charge < -0.3 is 10.5 Å². The average molecular weight is 203 g/mol. The van der Waals surface area contributed by atoms with Crippen LogP contribution in [0.3, 0.4) is 0 Å². The molecule has 1 aromatic rings. The maximum Gasteiger partial charge on any atom is 0.384 e. The molecular formula is C12H13NO2. The molecule has 0 spiro atoms. The molecule has 0 saturated heterocycles. The van der Waals surface area contributed by atoms with Crippen molar-refractivity contribution in [3.05, 3.63) is 29.3 Å². The summed E-state index contributed by atoms with van der Waals surface area (Å²) >= 11 is 0. The first-order chi connectivity index (χ1) is 7.13. The maximum atomic E-state index is 11.0. The number of esters is 1. The van der Waals surface area contributed by atoms with Crippen LogP contribution in [-0.4, -0.2) is 12.6 Å². The zero-order valence-electron chi connectivity index (χ0n) is 8.83. The summed E-state index contributed by atoms with van der Waals surface area (Å²) in [6.45, 7) is 4.01. The third kappa shape index (κ3) is 3.35. The van der Waals surface area contributed by atoms with Gasteiger partial charge in [-0.25, -0.2) is 4.79 Å². The van der Waals surface area contributed by atoms with Gasteiger partial charge in [-0.1, -0.05) is 12.0 Å². The fourth-order valence-corrected chi connectivity index (χ4v) is 1.08. The Kier molecular flexibility index (Phi) is 3.75. The summed E-state index contributed by atoms with van der Waals surface area (Å²) in [4.78, 5) is 11.0. The number of benzene rings is 1. The molecule has 0 unspecified atom stereocenters. The first-order valence-corrected chi connectivity index (χ1v) is 4.68. The zero-order valence-corrected chi connectivity index (χ0v) is 8.83. The smallest absolute Gasteiger partial charge is 0.384 e. The highest BCUT2D eigenvalue weighted by Crippen LogP contribution is 2.11. The van der Waals surface area contributed by atoms with Crippen molar-refractivity contribution in [1.82, 2.24) is 0 Å². The summed E-state index contributed by atoms with van der Waals surface area (Å²) < 4.78 is 4.67. The van der Waals surface area contributed by atoms with Gasteiger partial charge in [-0.05, 0) is 31.5 Å². The van der Waals surface area contributed by atoms with Crippen LogP contribution in [0.4, 0.5) is 5.69 Å². The monoisotopic (exact) mass is 203 g/mol. The Balaban J connectivity index is 2.84. The Morgan fingerprint density at radius 3 is 2.87 bits per heavy atom. The van der Waals surface area contributed by atoms with Gasteiger partial charge in [0.05, 0.1) is 6.61 Å². The summed E-state index contributed by atoms with van der Waals surface area (Å²) in [7, 11) is 0. The normalized spacial score (nSPS) is 8.93. The van der Waals surface area contributed by atoms with Crippen LogP contribution in [0.1, 0.15) is 18.1 Å². The van der Waals surface area contributed by atoms with Gasteiger partial charge in [0.25, 0.3) is 0 Å². The molecule has 15 heavy (non-hydrogen) atoms. The van der Waals surface area contributed by atoms with Crippen LogP contribution in [0.25, 0.3) is 0 Å². The minimum absolute atomic E-state index is 0.330. The Labute approximate surface area is 89.2 Å². The van der Waals surface area contributed by atoms with Gasteiger partial charge in [-0.2, -0.15) is 0 Å². The highest BCUT2D eigenvalue weighted by Gasteiger charge is 1.97. The molecule has 0 atom stereocenters. The number of nitrogen functional groups attached to an aromatic ring is 1. The average Bonchev–Trinajstić information content (AvgIpc) is 2.17. The number of ether oxygens (including phenoxy) is 1. The van der Waals surface area contributed by atoms with Crippen LogP contribution in [-0.2, 0) is 9.53 Å². The molecule has 0 radical (unpaired) electrons. The zero-order chi connectivity index (χ0) is 11.3. The summed E-state index contributed by atoms with van der Waals surface area (Å²) in [6, 6.07) is 5.50. The van der Waals surface area contributed by atoms with E-state index in [1.807, 2.05) is 19.1 Å². The largest absolute Gasteiger partial charge is 0.456 e. The summed E-state index contributed by atoms with van der Waals surface area (Å²) in [5, 5.41) is 0. The molecule has 0 amide bonds. The summed E-state index contributed by atoms with van der Waals surface area (Å²) in [5.41, 5.74) is 8.01. The Morgan fingerprint density at radius 2 is 2.27 bits per heavy atom. The SMILES string of the molecule is CCOC(=O)C#Cc1ccc(C)cc1N. The van der Waals surface area contributed by atoms with Gasteiger partial charge in [0, 0.05) is 17.2 Å². The third-order valence-corrected chi connectivity index (χ3v) is 1.78. The molecule has 0 aromatic heterocycles. The molecule has 0 aliphatic heterocycles. The Hall–Kier alpha value is -1.95. The quantitative estimate of drug-likeness (QED) is 0.427. The van der Waals surface area contributed by atoms with E-state index in [1.54, 1.807) is 13.0 Å². The van der Waals surface area contributed by atoms with E-state index >= 15 is 0 Å². The molecule has 1 aromatic carbocycles. The van der Waals surface area contributed by atoms with Crippen molar-refractivity contribution in [3.8, 4) is 11.8 Å². The second-order valence-electron chi connectivity index (χ2n) is 3.06. The van der Waals surface area contributed by atoms with Crippen molar-refractivity contribution in [2.75, 3.05) is 12.3 Å². The second-order valence-corrected chi connectivity index (χ2v) is 3.06. The van der Waals surface area contributed by atoms with Crippen LogP contribution in [0.5, 0.6) is 0 Å². The number of anilines is 1. The third-order valence-electron chi connectivity index (χ3n) is 1.78. The van der Waals surface area contributed by atoms with Crippen molar-refractivity contribution in [3.63, 3.8) is 0 Å². The van der Waals surface area contributed by atoms with Crippen LogP contribution < -0.4 is 5.73 Å². The first-order valence-electron chi connectivity index (χ1n) is 4.68. The van der Waals surface area contributed by atoms with E-state index in [-0.39, 0.29) is 0 Å². The molecule has 3 nitrogen and oxygen atoms in total. The number of carbonyl (C=O) groups is 1. The van der Waals surface area contributed by atoms with E-state index in [9.17, 15) is 4.79 Å². The minimum Gasteiger partial charge on any atom is -0.456 e. The van der Waals surface area contributed by atoms with E-state index in [0.717, 1.165) is 5.56 Å². The summed E-state index contributed by atoms with van der Waals surface area (Å²) in [5.74, 6) is 4.51. The molecule has 0 aliphatic carbocycles. The maximum absolute atomic E-state index is 11.0. The molecule has 0 aliphatic rings. The Bertz CT molecular complexity index is 427. The number of hydrogen-bond donors (Lipinski definition) is 1. The van der Waals surface area contributed by atoms with Crippen molar-refractivity contribution < 1.29 is 9.53 Å². The highest BCUT2D eigenvalue weighted by atomic mass is 16.5. The van der Waals surface area contributed by atoms with Gasteiger partial charge in [-0.15, -0.1) is 0 Å².